The molecule has 0 aliphatic carbocycles. The van der Waals surface area contributed by atoms with Crippen LogP contribution in [0.1, 0.15) is 20.8 Å². The first-order chi connectivity index (χ1) is 4.41. The highest BCUT2D eigenvalue weighted by Crippen LogP contribution is 1.64. The van der Waals surface area contributed by atoms with Gasteiger partial charge in [0.15, 0.2) is 0 Å². The smallest absolute Gasteiger partial charge is 0.0195 e. The summed E-state index contributed by atoms with van der Waals surface area (Å²) in [4.78, 5) is 0. The van der Waals surface area contributed by atoms with Gasteiger partial charge in [0, 0.05) is 0 Å². The van der Waals surface area contributed by atoms with Crippen LogP contribution >= 0.6 is 0 Å². The van der Waals surface area contributed by atoms with E-state index in [0.29, 0.717) is 0 Å². The molecule has 1 nitrogen and oxygen atoms in total. The molecule has 0 aromatic heterocycles. The molecule has 0 aliphatic heterocycles. The van der Waals surface area contributed by atoms with E-state index >= 15 is 0 Å². The first-order valence-electron chi connectivity index (χ1n) is 3.23. The normalized spacial score (nSPS) is 6.33. The molecule has 0 fully saturated rings. The number of nitrogens with two attached hydrogens (primary N) is 1. The van der Waals surface area contributed by atoms with Crippen molar-refractivity contribution >= 4 is 0 Å². The first-order valence-corrected chi connectivity index (χ1v) is 3.23. The molecular weight excluding hydrogens is 110 g/mol. The third-order valence-corrected chi connectivity index (χ3v) is 0.329. The van der Waals surface area contributed by atoms with Crippen molar-refractivity contribution in [1.82, 2.24) is 0 Å². The summed E-state index contributed by atoms with van der Waals surface area (Å²) in [6.07, 6.45) is 5.58. The maximum atomic E-state index is 4.50. The molecule has 1 heteroatoms. The molecule has 0 bridgehead atoms. The molecule has 9 heavy (non-hydrogen) atoms. The highest BCUT2D eigenvalue weighted by molar-refractivity contribution is 4.94. The van der Waals surface area contributed by atoms with Crippen LogP contribution in [0.25, 0.3) is 0 Å². The molecule has 0 saturated heterocycles. The van der Waals surface area contributed by atoms with Gasteiger partial charge in [0.05, 0.1) is 0 Å². The SMILES string of the molecule is C=C/C=C\C.CC.CN. The highest BCUT2D eigenvalue weighted by Gasteiger charge is 1.42. The van der Waals surface area contributed by atoms with Gasteiger partial charge in [-0.15, -0.1) is 0 Å². The van der Waals surface area contributed by atoms with Crippen LogP contribution in [0.5, 0.6) is 0 Å². The maximum Gasteiger partial charge on any atom is -0.0195 e. The van der Waals surface area contributed by atoms with Crippen molar-refractivity contribution < 1.29 is 0 Å². The molecule has 0 rings (SSSR count). The minimum absolute atomic E-state index is 1.50. The third-order valence-electron chi connectivity index (χ3n) is 0.329. The molecule has 0 unspecified atom stereocenters. The average molecular weight is 129 g/mol. The lowest BCUT2D eigenvalue weighted by atomic mass is 10.5. The Morgan fingerprint density at radius 1 is 1.22 bits per heavy atom. The monoisotopic (exact) mass is 129 g/mol. The molecule has 0 heterocycles. The largest absolute Gasteiger partial charge is 0.333 e. The molecule has 56 valence electrons. The summed E-state index contributed by atoms with van der Waals surface area (Å²) in [6, 6.07) is 0. The van der Waals surface area contributed by atoms with Crippen molar-refractivity contribution in [3.8, 4) is 0 Å². The van der Waals surface area contributed by atoms with Crippen molar-refractivity contribution in [2.24, 2.45) is 5.73 Å². The summed E-state index contributed by atoms with van der Waals surface area (Å²) in [5, 5.41) is 0. The first kappa shape index (κ1) is 15.8. The number of hydrogen-bond donors (Lipinski definition) is 1. The van der Waals surface area contributed by atoms with Crippen LogP contribution < -0.4 is 5.73 Å². The van der Waals surface area contributed by atoms with Crippen molar-refractivity contribution in [2.75, 3.05) is 7.05 Å². The summed E-state index contributed by atoms with van der Waals surface area (Å²) < 4.78 is 0. The third kappa shape index (κ3) is 106. The minimum Gasteiger partial charge on any atom is -0.333 e. The lowest BCUT2D eigenvalue weighted by Crippen LogP contribution is -1.69. The maximum absolute atomic E-state index is 4.50. The van der Waals surface area contributed by atoms with Crippen molar-refractivity contribution in [3.63, 3.8) is 0 Å². The Bertz CT molecular complexity index is 46.5. The zero-order valence-corrected chi connectivity index (χ0v) is 7.02. The van der Waals surface area contributed by atoms with Gasteiger partial charge in [-0.3, -0.25) is 0 Å². The summed E-state index contributed by atoms with van der Waals surface area (Å²) in [5.41, 5.74) is 4.50. The lowest BCUT2D eigenvalue weighted by Gasteiger charge is -1.56. The van der Waals surface area contributed by atoms with Crippen LogP contribution in [0.2, 0.25) is 0 Å². The van der Waals surface area contributed by atoms with E-state index in [4.69, 9.17) is 0 Å². The van der Waals surface area contributed by atoms with Crippen LogP contribution in [0, 0.1) is 0 Å². The van der Waals surface area contributed by atoms with E-state index in [1.807, 2.05) is 32.9 Å². The zero-order chi connectivity index (χ0) is 8.12. The molecule has 0 amide bonds. The Morgan fingerprint density at radius 2 is 1.56 bits per heavy atom. The molecule has 0 spiro atoms. The molecule has 0 atom stereocenters. The van der Waals surface area contributed by atoms with Crippen LogP contribution in [0.15, 0.2) is 24.8 Å². The molecule has 0 aromatic carbocycles. The van der Waals surface area contributed by atoms with Gasteiger partial charge in [0.1, 0.15) is 0 Å². The number of allylic oxidation sites excluding steroid dienone is 3. The van der Waals surface area contributed by atoms with Gasteiger partial charge in [0.2, 0.25) is 0 Å². The van der Waals surface area contributed by atoms with Crippen molar-refractivity contribution in [2.45, 2.75) is 20.8 Å². The molecule has 0 aromatic rings. The molecule has 0 aliphatic rings. The summed E-state index contributed by atoms with van der Waals surface area (Å²) in [5.74, 6) is 0. The van der Waals surface area contributed by atoms with E-state index in [2.05, 4.69) is 12.3 Å². The molecule has 0 saturated carbocycles. The second-order valence-electron chi connectivity index (χ2n) is 0.761. The molecule has 0 radical (unpaired) electrons. The van der Waals surface area contributed by atoms with Crippen molar-refractivity contribution in [3.05, 3.63) is 24.8 Å². The lowest BCUT2D eigenvalue weighted by molar-refractivity contribution is 1.48. The average Bonchev–Trinajstić information content (AvgIpc) is 1.98. The fraction of sp³-hybridized carbons (Fsp3) is 0.500. The van der Waals surface area contributed by atoms with Crippen LogP contribution in [0.3, 0.4) is 0 Å². The van der Waals surface area contributed by atoms with Gasteiger partial charge < -0.3 is 5.73 Å². The second kappa shape index (κ2) is 51.8. The van der Waals surface area contributed by atoms with Crippen molar-refractivity contribution in [1.29, 1.82) is 0 Å². The zero-order valence-electron chi connectivity index (χ0n) is 7.02. The predicted molar refractivity (Wildman–Crippen MR) is 46.5 cm³/mol. The Labute approximate surface area is 59.3 Å². The standard InChI is InChI=1S/C5H8.C2H6.CH5N/c1-3-5-4-2;2*1-2/h3-5H,1H2,2H3;1-2H3;2H2,1H3/b5-4-;;. The van der Waals surface area contributed by atoms with Gasteiger partial charge in [-0.05, 0) is 14.0 Å². The van der Waals surface area contributed by atoms with Gasteiger partial charge >= 0.3 is 0 Å². The minimum atomic E-state index is 1.50. The predicted octanol–water partition coefficient (Wildman–Crippen LogP) is 2.35. The van der Waals surface area contributed by atoms with Crippen LogP contribution in [-0.2, 0) is 0 Å². The summed E-state index contributed by atoms with van der Waals surface area (Å²) in [7, 11) is 1.50. The van der Waals surface area contributed by atoms with E-state index in [1.165, 1.54) is 7.05 Å². The van der Waals surface area contributed by atoms with Crippen LogP contribution in [0.4, 0.5) is 0 Å². The van der Waals surface area contributed by atoms with E-state index in [0.717, 1.165) is 0 Å². The van der Waals surface area contributed by atoms with Gasteiger partial charge in [0.25, 0.3) is 0 Å². The van der Waals surface area contributed by atoms with E-state index in [9.17, 15) is 0 Å². The molecular formula is C8H19N. The Hall–Kier alpha value is -0.560. The number of hydrogen-bond acceptors (Lipinski definition) is 1. The van der Waals surface area contributed by atoms with E-state index < -0.39 is 0 Å². The Balaban J connectivity index is -0.0000000771. The van der Waals surface area contributed by atoms with Gasteiger partial charge in [-0.2, -0.15) is 0 Å². The highest BCUT2D eigenvalue weighted by atomic mass is 14.4. The fourth-order valence-electron chi connectivity index (χ4n) is 0.136. The molecule has 2 N–H and O–H groups in total. The van der Waals surface area contributed by atoms with E-state index in [-0.39, 0.29) is 0 Å². The summed E-state index contributed by atoms with van der Waals surface area (Å²) in [6.45, 7) is 9.42. The topological polar surface area (TPSA) is 26.0 Å². The van der Waals surface area contributed by atoms with Crippen LogP contribution in [-0.4, -0.2) is 7.05 Å². The van der Waals surface area contributed by atoms with Gasteiger partial charge in [-0.25, -0.2) is 0 Å². The number of rotatable bonds is 1. The van der Waals surface area contributed by atoms with Gasteiger partial charge in [-0.1, -0.05) is 38.7 Å². The quantitative estimate of drug-likeness (QED) is 0.540. The van der Waals surface area contributed by atoms with E-state index in [1.54, 1.807) is 6.08 Å². The second-order valence-corrected chi connectivity index (χ2v) is 0.761. The summed E-state index contributed by atoms with van der Waals surface area (Å²) >= 11 is 0. The Kier molecular flexibility index (Phi) is 90.9. The fourth-order valence-corrected chi connectivity index (χ4v) is 0.136. The Morgan fingerprint density at radius 3 is 1.56 bits per heavy atom.